The fourth-order valence-corrected chi connectivity index (χ4v) is 4.10. The zero-order chi connectivity index (χ0) is 17.4. The quantitative estimate of drug-likeness (QED) is 0.756. The van der Waals surface area contributed by atoms with E-state index >= 15 is 0 Å². The fourth-order valence-electron chi connectivity index (χ4n) is 3.16. The molecule has 1 aromatic heterocycles. The van der Waals surface area contributed by atoms with Crippen LogP contribution < -0.4 is 5.32 Å². The van der Waals surface area contributed by atoms with Crippen molar-refractivity contribution in [3.63, 3.8) is 0 Å². The molecular formula is C20H19N3OS. The van der Waals surface area contributed by atoms with Crippen LogP contribution in [0.3, 0.4) is 0 Å². The molecule has 0 aliphatic carbocycles. The second-order valence-corrected chi connectivity index (χ2v) is 7.39. The monoisotopic (exact) mass is 349 g/mol. The van der Waals surface area contributed by atoms with Gasteiger partial charge >= 0.3 is 0 Å². The summed E-state index contributed by atoms with van der Waals surface area (Å²) in [5.41, 5.74) is 5.48. The molecule has 1 N–H and O–H groups in total. The van der Waals surface area contributed by atoms with Gasteiger partial charge in [-0.2, -0.15) is 0 Å². The molecule has 25 heavy (non-hydrogen) atoms. The van der Waals surface area contributed by atoms with Crippen molar-refractivity contribution in [2.75, 3.05) is 11.1 Å². The summed E-state index contributed by atoms with van der Waals surface area (Å²) in [7, 11) is 0. The lowest BCUT2D eigenvalue weighted by Gasteiger charge is -2.11. The molecular weight excluding hydrogens is 330 g/mol. The Morgan fingerprint density at radius 2 is 1.92 bits per heavy atom. The van der Waals surface area contributed by atoms with Crippen LogP contribution in [0.1, 0.15) is 21.5 Å². The molecule has 5 heteroatoms. The minimum absolute atomic E-state index is 0.0969. The molecule has 0 bridgehead atoms. The van der Waals surface area contributed by atoms with E-state index in [0.717, 1.165) is 45.5 Å². The molecule has 0 radical (unpaired) electrons. The number of thioether (sulfide) groups is 1. The lowest BCUT2D eigenvalue weighted by molar-refractivity contribution is 0.102. The van der Waals surface area contributed by atoms with E-state index in [2.05, 4.69) is 22.1 Å². The molecule has 0 atom stereocenters. The van der Waals surface area contributed by atoms with E-state index in [0.29, 0.717) is 5.56 Å². The summed E-state index contributed by atoms with van der Waals surface area (Å²) in [6.45, 7) is 4.99. The minimum Gasteiger partial charge on any atom is -0.325 e. The van der Waals surface area contributed by atoms with Crippen LogP contribution >= 0.6 is 11.8 Å². The molecule has 3 aromatic rings. The first kappa shape index (κ1) is 16.0. The molecule has 0 saturated carbocycles. The number of anilines is 1. The van der Waals surface area contributed by atoms with E-state index in [1.807, 2.05) is 50.2 Å². The number of nitrogens with one attached hydrogen (secondary N) is 1. The summed E-state index contributed by atoms with van der Waals surface area (Å²) in [5.74, 6) is 0.980. The zero-order valence-electron chi connectivity index (χ0n) is 14.2. The van der Waals surface area contributed by atoms with Gasteiger partial charge in [0, 0.05) is 29.6 Å². The number of hydrogen-bond donors (Lipinski definition) is 1. The second-order valence-electron chi connectivity index (χ2n) is 6.33. The van der Waals surface area contributed by atoms with Crippen LogP contribution in [-0.2, 0) is 6.54 Å². The molecule has 1 aliphatic heterocycles. The third kappa shape index (κ3) is 3.20. The van der Waals surface area contributed by atoms with Crippen molar-refractivity contribution in [2.45, 2.75) is 25.5 Å². The second kappa shape index (κ2) is 6.41. The minimum atomic E-state index is -0.0969. The summed E-state index contributed by atoms with van der Waals surface area (Å²) in [6, 6.07) is 13.7. The molecule has 2 aromatic carbocycles. The average Bonchev–Trinajstić information content (AvgIpc) is 3.16. The van der Waals surface area contributed by atoms with Gasteiger partial charge in [0.1, 0.15) is 0 Å². The van der Waals surface area contributed by atoms with Crippen molar-refractivity contribution in [3.8, 4) is 11.3 Å². The van der Waals surface area contributed by atoms with Crippen LogP contribution in [0.25, 0.3) is 11.3 Å². The Balaban J connectivity index is 1.65. The Bertz CT molecular complexity index is 920. The normalized spacial score (nSPS) is 12.9. The van der Waals surface area contributed by atoms with Crippen molar-refractivity contribution in [2.24, 2.45) is 0 Å². The zero-order valence-corrected chi connectivity index (χ0v) is 15.1. The van der Waals surface area contributed by atoms with Gasteiger partial charge in [0.05, 0.1) is 11.4 Å². The number of para-hydroxylation sites is 1. The van der Waals surface area contributed by atoms with E-state index in [1.54, 1.807) is 11.8 Å². The van der Waals surface area contributed by atoms with Crippen LogP contribution in [0, 0.1) is 13.8 Å². The lowest BCUT2D eigenvalue weighted by Crippen LogP contribution is -2.13. The highest BCUT2D eigenvalue weighted by molar-refractivity contribution is 7.99. The van der Waals surface area contributed by atoms with Crippen LogP contribution in [0.5, 0.6) is 0 Å². The summed E-state index contributed by atoms with van der Waals surface area (Å²) in [6.07, 6.45) is 2.07. The van der Waals surface area contributed by atoms with E-state index in [4.69, 9.17) is 4.98 Å². The van der Waals surface area contributed by atoms with Crippen LogP contribution in [0.4, 0.5) is 5.69 Å². The predicted octanol–water partition coefficient (Wildman–Crippen LogP) is 4.52. The molecule has 0 saturated heterocycles. The predicted molar refractivity (Wildman–Crippen MR) is 102 cm³/mol. The maximum absolute atomic E-state index is 12.7. The molecule has 0 unspecified atom stereocenters. The molecule has 1 aliphatic rings. The van der Waals surface area contributed by atoms with Crippen molar-refractivity contribution < 1.29 is 4.79 Å². The number of fused-ring (bicyclic) bond motifs is 1. The molecule has 1 amide bonds. The highest BCUT2D eigenvalue weighted by atomic mass is 32.2. The Morgan fingerprint density at radius 3 is 2.68 bits per heavy atom. The molecule has 4 rings (SSSR count). The molecule has 0 fully saturated rings. The van der Waals surface area contributed by atoms with Crippen molar-refractivity contribution in [1.29, 1.82) is 0 Å². The van der Waals surface area contributed by atoms with E-state index in [9.17, 15) is 4.79 Å². The maximum Gasteiger partial charge on any atom is 0.255 e. The van der Waals surface area contributed by atoms with Crippen molar-refractivity contribution in [1.82, 2.24) is 9.55 Å². The van der Waals surface area contributed by atoms with Gasteiger partial charge in [-0.15, -0.1) is 0 Å². The summed E-state index contributed by atoms with van der Waals surface area (Å²) in [4.78, 5) is 17.4. The van der Waals surface area contributed by atoms with Gasteiger partial charge in [-0.1, -0.05) is 47.2 Å². The molecule has 0 spiro atoms. The highest BCUT2D eigenvalue weighted by Gasteiger charge is 2.18. The number of aryl methyl sites for hydroxylation is 3. The van der Waals surface area contributed by atoms with Crippen LogP contribution in [0.2, 0.25) is 0 Å². The van der Waals surface area contributed by atoms with E-state index in [1.165, 1.54) is 0 Å². The SMILES string of the molecule is Cc1cc(C)cc(C(=O)Nc2ccccc2-c2cn3c(n2)SCC3)c1. The summed E-state index contributed by atoms with van der Waals surface area (Å²) >= 11 is 1.77. The van der Waals surface area contributed by atoms with Gasteiger partial charge in [0.15, 0.2) is 5.16 Å². The number of carbonyl (C=O) groups excluding carboxylic acids is 1. The first-order valence-corrected chi connectivity index (χ1v) is 9.28. The Kier molecular flexibility index (Phi) is 4.09. The van der Waals surface area contributed by atoms with Crippen LogP contribution in [-0.4, -0.2) is 21.2 Å². The molecule has 2 heterocycles. The standard InChI is InChI=1S/C20H19N3OS/c1-13-9-14(2)11-15(10-13)19(24)21-17-6-4-3-5-16(17)18-12-23-7-8-25-20(23)22-18/h3-6,9-12H,7-8H2,1-2H3,(H,21,24). The third-order valence-electron chi connectivity index (χ3n) is 4.24. The number of benzene rings is 2. The number of hydrogen-bond acceptors (Lipinski definition) is 3. The number of carbonyl (C=O) groups is 1. The first-order valence-electron chi connectivity index (χ1n) is 8.29. The third-order valence-corrected chi connectivity index (χ3v) is 5.21. The maximum atomic E-state index is 12.7. The van der Waals surface area contributed by atoms with Crippen molar-refractivity contribution in [3.05, 3.63) is 65.4 Å². The number of imidazole rings is 1. The van der Waals surface area contributed by atoms with Gasteiger partial charge in [0.2, 0.25) is 0 Å². The first-order chi connectivity index (χ1) is 12.1. The highest BCUT2D eigenvalue weighted by Crippen LogP contribution is 2.32. The van der Waals surface area contributed by atoms with Gasteiger partial charge in [-0.3, -0.25) is 4.79 Å². The topological polar surface area (TPSA) is 46.9 Å². The van der Waals surface area contributed by atoms with E-state index in [-0.39, 0.29) is 5.91 Å². The van der Waals surface area contributed by atoms with E-state index < -0.39 is 0 Å². The van der Waals surface area contributed by atoms with Gasteiger partial charge in [-0.05, 0) is 32.0 Å². The smallest absolute Gasteiger partial charge is 0.255 e. The largest absolute Gasteiger partial charge is 0.325 e. The Hall–Kier alpha value is -2.53. The number of rotatable bonds is 3. The Morgan fingerprint density at radius 1 is 1.16 bits per heavy atom. The number of nitrogens with zero attached hydrogens (tertiary/aromatic N) is 2. The van der Waals surface area contributed by atoms with Crippen LogP contribution in [0.15, 0.2) is 53.8 Å². The average molecular weight is 349 g/mol. The summed E-state index contributed by atoms with van der Waals surface area (Å²) in [5, 5.41) is 4.10. The van der Waals surface area contributed by atoms with Gasteiger partial charge in [0.25, 0.3) is 5.91 Å². The van der Waals surface area contributed by atoms with Gasteiger partial charge in [-0.25, -0.2) is 4.98 Å². The summed E-state index contributed by atoms with van der Waals surface area (Å²) < 4.78 is 2.17. The Labute approximate surface area is 151 Å². The number of amides is 1. The van der Waals surface area contributed by atoms with Gasteiger partial charge < -0.3 is 9.88 Å². The number of aromatic nitrogens is 2. The van der Waals surface area contributed by atoms with Crippen molar-refractivity contribution >= 4 is 23.4 Å². The molecule has 126 valence electrons. The lowest BCUT2D eigenvalue weighted by atomic mass is 10.1. The fraction of sp³-hybridized carbons (Fsp3) is 0.200. The molecule has 4 nitrogen and oxygen atoms in total.